The molecule has 1 atom stereocenters. The quantitative estimate of drug-likeness (QED) is 0.805. The number of hydrogen-bond acceptors (Lipinski definition) is 6. The number of pyridine rings is 1. The van der Waals surface area contributed by atoms with Gasteiger partial charge in [0.25, 0.3) is 5.91 Å². The fourth-order valence-electron chi connectivity index (χ4n) is 3.16. The molecule has 1 aliphatic heterocycles. The van der Waals surface area contributed by atoms with Crippen LogP contribution in [0, 0.1) is 5.92 Å². The average molecular weight is 342 g/mol. The lowest BCUT2D eigenvalue weighted by Crippen LogP contribution is -2.39. The number of β-amino-alcohol motifs (C(OH)–C–C–N with tert-alkyl or cyclic N) is 1. The van der Waals surface area contributed by atoms with Crippen LogP contribution < -0.4 is 5.32 Å². The molecule has 1 aliphatic carbocycles. The number of aromatic nitrogens is 4. The third-order valence-corrected chi connectivity index (χ3v) is 4.83. The van der Waals surface area contributed by atoms with E-state index in [2.05, 4.69) is 20.6 Å². The third kappa shape index (κ3) is 3.79. The summed E-state index contributed by atoms with van der Waals surface area (Å²) in [5, 5.41) is 21.6. The van der Waals surface area contributed by atoms with E-state index in [1.807, 2.05) is 6.07 Å². The van der Waals surface area contributed by atoms with Crippen LogP contribution in [-0.4, -0.2) is 61.1 Å². The summed E-state index contributed by atoms with van der Waals surface area (Å²) in [5.41, 5.74) is -0.426. The first-order valence-corrected chi connectivity index (χ1v) is 8.67. The van der Waals surface area contributed by atoms with E-state index in [-0.39, 0.29) is 12.5 Å². The van der Waals surface area contributed by atoms with Crippen molar-refractivity contribution in [2.24, 2.45) is 5.92 Å². The molecule has 2 N–H and O–H groups in total. The lowest BCUT2D eigenvalue weighted by Gasteiger charge is -2.23. The molecular weight excluding hydrogens is 320 g/mol. The Morgan fingerprint density at radius 3 is 2.96 bits per heavy atom. The number of nitrogens with zero attached hydrogens (tertiary/aromatic N) is 5. The van der Waals surface area contributed by atoms with Crippen LogP contribution in [0.25, 0.3) is 0 Å². The molecule has 1 unspecified atom stereocenters. The van der Waals surface area contributed by atoms with E-state index in [1.54, 1.807) is 34.2 Å². The molecular formula is C17H22N6O2. The maximum Gasteiger partial charge on any atom is 0.255 e. The number of carbonyl (C=O) groups is 1. The Hall–Kier alpha value is -2.48. The minimum absolute atomic E-state index is 0.101. The van der Waals surface area contributed by atoms with Gasteiger partial charge in [-0.3, -0.25) is 4.79 Å². The predicted octanol–water partition coefficient (Wildman–Crippen LogP) is 0.772. The van der Waals surface area contributed by atoms with Gasteiger partial charge >= 0.3 is 0 Å². The zero-order chi connectivity index (χ0) is 17.3. The van der Waals surface area contributed by atoms with Crippen LogP contribution in [0.1, 0.15) is 29.6 Å². The molecule has 8 nitrogen and oxygen atoms in total. The highest BCUT2D eigenvalue weighted by Gasteiger charge is 2.39. The highest BCUT2D eigenvalue weighted by Crippen LogP contribution is 2.29. The number of likely N-dealkylation sites (tertiary alicyclic amines) is 1. The van der Waals surface area contributed by atoms with Crippen molar-refractivity contribution in [3.05, 3.63) is 36.3 Å². The zero-order valence-corrected chi connectivity index (χ0v) is 14.0. The highest BCUT2D eigenvalue weighted by atomic mass is 16.3. The molecule has 0 radical (unpaired) electrons. The number of aliphatic hydroxyl groups is 1. The SMILES string of the molecule is O=C(c1ccc(NCC2CC2)nc1)N1CCC(O)(Cn2ccnn2)C1. The summed E-state index contributed by atoms with van der Waals surface area (Å²) in [6, 6.07) is 3.63. The van der Waals surface area contributed by atoms with Gasteiger partial charge in [0.05, 0.1) is 24.8 Å². The predicted molar refractivity (Wildman–Crippen MR) is 90.9 cm³/mol. The zero-order valence-electron chi connectivity index (χ0n) is 14.0. The second-order valence-corrected chi connectivity index (χ2v) is 7.06. The molecule has 1 amide bonds. The van der Waals surface area contributed by atoms with E-state index in [9.17, 15) is 9.90 Å². The minimum Gasteiger partial charge on any atom is -0.386 e. The van der Waals surface area contributed by atoms with Gasteiger partial charge in [-0.25, -0.2) is 9.67 Å². The normalized spacial score (nSPS) is 23.0. The maximum atomic E-state index is 12.6. The van der Waals surface area contributed by atoms with E-state index >= 15 is 0 Å². The molecule has 2 fully saturated rings. The molecule has 2 aliphatic rings. The number of amides is 1. The van der Waals surface area contributed by atoms with Crippen molar-refractivity contribution in [2.45, 2.75) is 31.4 Å². The van der Waals surface area contributed by atoms with Crippen molar-refractivity contribution in [1.82, 2.24) is 24.9 Å². The van der Waals surface area contributed by atoms with Crippen molar-refractivity contribution in [3.63, 3.8) is 0 Å². The average Bonchev–Trinajstić information content (AvgIpc) is 3.17. The van der Waals surface area contributed by atoms with E-state index in [4.69, 9.17) is 0 Å². The fourth-order valence-corrected chi connectivity index (χ4v) is 3.16. The molecule has 0 spiro atoms. The van der Waals surface area contributed by atoms with Crippen LogP contribution in [-0.2, 0) is 6.54 Å². The van der Waals surface area contributed by atoms with Crippen molar-refractivity contribution in [2.75, 3.05) is 25.0 Å². The molecule has 25 heavy (non-hydrogen) atoms. The van der Waals surface area contributed by atoms with E-state index in [0.717, 1.165) is 18.3 Å². The molecule has 3 heterocycles. The summed E-state index contributed by atoms with van der Waals surface area (Å²) < 4.78 is 1.59. The number of carbonyl (C=O) groups excluding carboxylic acids is 1. The number of hydrogen-bond donors (Lipinski definition) is 2. The Balaban J connectivity index is 1.35. The molecule has 0 bridgehead atoms. The van der Waals surface area contributed by atoms with Gasteiger partial charge in [-0.1, -0.05) is 5.21 Å². The fraction of sp³-hybridized carbons (Fsp3) is 0.529. The van der Waals surface area contributed by atoms with Gasteiger partial charge in [0.1, 0.15) is 11.4 Å². The number of rotatable bonds is 6. The summed E-state index contributed by atoms with van der Waals surface area (Å²) in [4.78, 5) is 18.6. The topological polar surface area (TPSA) is 96.2 Å². The summed E-state index contributed by atoms with van der Waals surface area (Å²) in [6.07, 6.45) is 7.98. The second-order valence-electron chi connectivity index (χ2n) is 7.06. The third-order valence-electron chi connectivity index (χ3n) is 4.83. The summed E-state index contributed by atoms with van der Waals surface area (Å²) in [7, 11) is 0. The minimum atomic E-state index is -0.970. The Labute approximate surface area is 145 Å². The van der Waals surface area contributed by atoms with Crippen molar-refractivity contribution in [1.29, 1.82) is 0 Å². The number of anilines is 1. The maximum absolute atomic E-state index is 12.6. The van der Waals surface area contributed by atoms with Gasteiger partial charge in [0.15, 0.2) is 0 Å². The largest absolute Gasteiger partial charge is 0.386 e. The Morgan fingerprint density at radius 1 is 1.40 bits per heavy atom. The van der Waals surface area contributed by atoms with E-state index in [1.165, 1.54) is 12.8 Å². The smallest absolute Gasteiger partial charge is 0.255 e. The Kier molecular flexibility index (Phi) is 4.12. The van der Waals surface area contributed by atoms with Crippen LogP contribution in [0.2, 0.25) is 0 Å². The first-order valence-electron chi connectivity index (χ1n) is 8.67. The van der Waals surface area contributed by atoms with Crippen LogP contribution in [0.4, 0.5) is 5.82 Å². The first kappa shape index (κ1) is 16.0. The molecule has 2 aromatic heterocycles. The standard InChI is InChI=1S/C17H22N6O2/c24-16(14-3-4-15(19-10-14)18-9-13-1-2-13)22-7-5-17(25,11-22)12-23-8-6-20-21-23/h3-4,6,8,10,13,25H,1-2,5,7,9,11-12H2,(H,18,19). The van der Waals surface area contributed by atoms with Crippen LogP contribution in [0.3, 0.4) is 0 Å². The Bertz CT molecular complexity index is 728. The van der Waals surface area contributed by atoms with Gasteiger partial charge in [0, 0.05) is 25.5 Å². The molecule has 132 valence electrons. The van der Waals surface area contributed by atoms with E-state index < -0.39 is 5.60 Å². The van der Waals surface area contributed by atoms with Crippen LogP contribution in [0.15, 0.2) is 30.7 Å². The lowest BCUT2D eigenvalue weighted by atomic mass is 10.0. The summed E-state index contributed by atoms with van der Waals surface area (Å²) >= 11 is 0. The van der Waals surface area contributed by atoms with E-state index in [0.29, 0.717) is 25.1 Å². The highest BCUT2D eigenvalue weighted by molar-refractivity contribution is 5.94. The monoisotopic (exact) mass is 342 g/mol. The van der Waals surface area contributed by atoms with Gasteiger partial charge in [-0.2, -0.15) is 0 Å². The van der Waals surface area contributed by atoms with Gasteiger partial charge in [-0.15, -0.1) is 5.10 Å². The Morgan fingerprint density at radius 2 is 2.28 bits per heavy atom. The molecule has 0 aromatic carbocycles. The van der Waals surface area contributed by atoms with Crippen molar-refractivity contribution >= 4 is 11.7 Å². The van der Waals surface area contributed by atoms with Crippen LogP contribution >= 0.6 is 0 Å². The molecule has 2 aromatic rings. The molecule has 1 saturated carbocycles. The van der Waals surface area contributed by atoms with Gasteiger partial charge in [-0.05, 0) is 37.3 Å². The lowest BCUT2D eigenvalue weighted by molar-refractivity contribution is 0.0266. The van der Waals surface area contributed by atoms with Gasteiger partial charge in [0.2, 0.25) is 0 Å². The molecule has 1 saturated heterocycles. The second kappa shape index (κ2) is 6.44. The van der Waals surface area contributed by atoms with Crippen molar-refractivity contribution in [3.8, 4) is 0 Å². The van der Waals surface area contributed by atoms with Crippen molar-refractivity contribution < 1.29 is 9.90 Å². The van der Waals surface area contributed by atoms with Crippen LogP contribution in [0.5, 0.6) is 0 Å². The molecule has 4 rings (SSSR count). The number of nitrogens with one attached hydrogen (secondary N) is 1. The summed E-state index contributed by atoms with van der Waals surface area (Å²) in [6.45, 7) is 2.08. The first-order chi connectivity index (χ1) is 12.1. The molecule has 8 heteroatoms. The summed E-state index contributed by atoms with van der Waals surface area (Å²) in [5.74, 6) is 1.47. The van der Waals surface area contributed by atoms with Gasteiger partial charge < -0.3 is 15.3 Å².